The first-order valence-electron chi connectivity index (χ1n) is 9.88. The number of hydrogen-bond acceptors (Lipinski definition) is 7. The van der Waals surface area contributed by atoms with Crippen molar-refractivity contribution in [2.45, 2.75) is 24.7 Å². The minimum atomic E-state index is -3.81. The van der Waals surface area contributed by atoms with Crippen LogP contribution in [0.5, 0.6) is 11.5 Å². The van der Waals surface area contributed by atoms with Gasteiger partial charge in [0.1, 0.15) is 13.2 Å². The van der Waals surface area contributed by atoms with Gasteiger partial charge in [-0.1, -0.05) is 31.5 Å². The molecule has 1 N–H and O–H groups in total. The zero-order valence-electron chi connectivity index (χ0n) is 17.0. The lowest BCUT2D eigenvalue weighted by atomic mass is 10.2. The summed E-state index contributed by atoms with van der Waals surface area (Å²) in [5.41, 5.74) is 1.14. The average molecular weight is 429 g/mol. The number of ether oxygens (including phenoxy) is 2. The number of benzene rings is 2. The Kier molecular flexibility index (Phi) is 5.63. The van der Waals surface area contributed by atoms with E-state index >= 15 is 0 Å². The maximum atomic E-state index is 12.9. The molecule has 0 bridgehead atoms. The molecule has 4 rings (SSSR count). The molecule has 1 aromatic heterocycles. The summed E-state index contributed by atoms with van der Waals surface area (Å²) in [6, 6.07) is 11.7. The molecule has 0 unspecified atom stereocenters. The summed E-state index contributed by atoms with van der Waals surface area (Å²) in [5, 5.41) is 0. The molecule has 0 spiro atoms. The van der Waals surface area contributed by atoms with Crippen LogP contribution in [0.25, 0.3) is 11.0 Å². The van der Waals surface area contributed by atoms with Gasteiger partial charge in [-0.2, -0.15) is 0 Å². The van der Waals surface area contributed by atoms with Crippen molar-refractivity contribution >= 4 is 32.7 Å². The number of unbranched alkanes of at least 4 members (excludes halogenated alkanes) is 1. The number of nitrogens with zero attached hydrogens (tertiary/aromatic N) is 3. The van der Waals surface area contributed by atoms with Gasteiger partial charge in [0.05, 0.1) is 15.9 Å². The van der Waals surface area contributed by atoms with E-state index in [-0.39, 0.29) is 10.7 Å². The Bertz CT molecular complexity index is 1150. The van der Waals surface area contributed by atoms with Crippen molar-refractivity contribution in [3.05, 3.63) is 42.5 Å². The van der Waals surface area contributed by atoms with Crippen molar-refractivity contribution < 1.29 is 17.9 Å². The van der Waals surface area contributed by atoms with Gasteiger partial charge in [0.15, 0.2) is 23.1 Å². The largest absolute Gasteiger partial charge is 0.486 e. The van der Waals surface area contributed by atoms with E-state index in [1.54, 1.807) is 42.5 Å². The van der Waals surface area contributed by atoms with Crippen LogP contribution in [0.2, 0.25) is 0 Å². The first-order valence-corrected chi connectivity index (χ1v) is 11.4. The third-order valence-corrected chi connectivity index (χ3v) is 6.16. The van der Waals surface area contributed by atoms with E-state index in [1.807, 2.05) is 11.9 Å². The summed E-state index contributed by atoms with van der Waals surface area (Å²) in [4.78, 5) is 11.4. The Morgan fingerprint density at radius 3 is 2.30 bits per heavy atom. The molecule has 9 heteroatoms. The number of anilines is 2. The molecule has 0 atom stereocenters. The Balaban J connectivity index is 1.80. The molecular weight excluding hydrogens is 404 g/mol. The number of aromatic nitrogens is 2. The smallest absolute Gasteiger partial charge is 0.263 e. The third kappa shape index (κ3) is 4.11. The van der Waals surface area contributed by atoms with Crippen LogP contribution >= 0.6 is 0 Å². The van der Waals surface area contributed by atoms with Crippen LogP contribution in [0.3, 0.4) is 0 Å². The zero-order chi connectivity index (χ0) is 21.1. The van der Waals surface area contributed by atoms with Gasteiger partial charge < -0.3 is 14.4 Å². The maximum Gasteiger partial charge on any atom is 0.263 e. The van der Waals surface area contributed by atoms with Crippen molar-refractivity contribution in [3.63, 3.8) is 0 Å². The average Bonchev–Trinajstić information content (AvgIpc) is 2.76. The Labute approximate surface area is 175 Å². The summed E-state index contributed by atoms with van der Waals surface area (Å²) in [7, 11) is -1.93. The fourth-order valence-corrected chi connectivity index (χ4v) is 4.23. The lowest BCUT2D eigenvalue weighted by Gasteiger charge is -2.23. The number of fused-ring (bicyclic) bond motifs is 2. The summed E-state index contributed by atoms with van der Waals surface area (Å²) in [6.45, 7) is 3.76. The van der Waals surface area contributed by atoms with Gasteiger partial charge in [-0.05, 0) is 18.6 Å². The van der Waals surface area contributed by atoms with Gasteiger partial charge in [-0.25, -0.2) is 18.4 Å². The second-order valence-corrected chi connectivity index (χ2v) is 8.76. The molecule has 0 fully saturated rings. The predicted octanol–water partition coefficient (Wildman–Crippen LogP) is 3.44. The van der Waals surface area contributed by atoms with Crippen LogP contribution in [0.1, 0.15) is 19.8 Å². The Morgan fingerprint density at radius 1 is 1.03 bits per heavy atom. The van der Waals surface area contributed by atoms with Crippen molar-refractivity contribution in [3.8, 4) is 11.5 Å². The Hall–Kier alpha value is -3.07. The highest BCUT2D eigenvalue weighted by Gasteiger charge is 2.22. The Morgan fingerprint density at radius 2 is 1.67 bits per heavy atom. The molecule has 3 aromatic rings. The summed E-state index contributed by atoms with van der Waals surface area (Å²) in [5.74, 6) is 1.84. The SMILES string of the molecule is CCCCN(C)c1nc2cc3c(cc2nc1NS(=O)(=O)c1ccccc1)OCCO3. The second kappa shape index (κ2) is 8.35. The molecule has 0 saturated heterocycles. The van der Waals surface area contributed by atoms with E-state index in [1.165, 1.54) is 0 Å². The number of rotatable bonds is 7. The predicted molar refractivity (Wildman–Crippen MR) is 116 cm³/mol. The molecule has 0 radical (unpaired) electrons. The maximum absolute atomic E-state index is 12.9. The highest BCUT2D eigenvalue weighted by Crippen LogP contribution is 2.35. The standard InChI is InChI=1S/C21H24N4O4S/c1-3-4-10-25(2)21-20(24-30(26,27)15-8-6-5-7-9-15)22-16-13-18-19(14-17(16)23-21)29-12-11-28-18/h5-9,13-14H,3-4,10-12H2,1-2H3,(H,22,24). The van der Waals surface area contributed by atoms with Crippen LogP contribution in [0.15, 0.2) is 47.4 Å². The van der Waals surface area contributed by atoms with E-state index in [0.717, 1.165) is 19.4 Å². The van der Waals surface area contributed by atoms with Crippen LogP contribution in [0.4, 0.5) is 11.6 Å². The zero-order valence-corrected chi connectivity index (χ0v) is 17.8. The van der Waals surface area contributed by atoms with Crippen molar-refractivity contribution in [2.75, 3.05) is 36.4 Å². The van der Waals surface area contributed by atoms with Crippen molar-refractivity contribution in [1.29, 1.82) is 0 Å². The summed E-state index contributed by atoms with van der Waals surface area (Å²) >= 11 is 0. The molecule has 1 aliphatic rings. The normalized spacial score (nSPS) is 13.3. The molecular formula is C21H24N4O4S. The van der Waals surface area contributed by atoms with Gasteiger partial charge in [-0.15, -0.1) is 0 Å². The molecule has 2 heterocycles. The molecule has 0 amide bonds. The fourth-order valence-electron chi connectivity index (χ4n) is 3.21. The summed E-state index contributed by atoms with van der Waals surface area (Å²) in [6.07, 6.45) is 1.96. The minimum absolute atomic E-state index is 0.163. The number of hydrogen-bond donors (Lipinski definition) is 1. The van der Waals surface area contributed by atoms with Crippen molar-refractivity contribution in [1.82, 2.24) is 9.97 Å². The molecule has 0 saturated carbocycles. The van der Waals surface area contributed by atoms with E-state index in [9.17, 15) is 8.42 Å². The monoisotopic (exact) mass is 428 g/mol. The third-order valence-electron chi connectivity index (χ3n) is 4.80. The highest BCUT2D eigenvalue weighted by atomic mass is 32.2. The first kappa shape index (κ1) is 20.2. The fraction of sp³-hybridized carbons (Fsp3) is 0.333. The molecule has 158 valence electrons. The first-order chi connectivity index (χ1) is 14.5. The summed E-state index contributed by atoms with van der Waals surface area (Å²) < 4.78 is 39.7. The van der Waals surface area contributed by atoms with Gasteiger partial charge in [-0.3, -0.25) is 4.72 Å². The molecule has 0 aliphatic carbocycles. The van der Waals surface area contributed by atoms with Crippen molar-refractivity contribution in [2.24, 2.45) is 0 Å². The second-order valence-electron chi connectivity index (χ2n) is 7.07. The molecule has 1 aliphatic heterocycles. The lowest BCUT2D eigenvalue weighted by Crippen LogP contribution is -2.24. The molecule has 30 heavy (non-hydrogen) atoms. The van der Waals surface area contributed by atoms with E-state index in [4.69, 9.17) is 14.5 Å². The van der Waals surface area contributed by atoms with Gasteiger partial charge >= 0.3 is 0 Å². The van der Waals surface area contributed by atoms with Gasteiger partial charge in [0, 0.05) is 25.7 Å². The van der Waals surface area contributed by atoms with E-state index < -0.39 is 10.0 Å². The minimum Gasteiger partial charge on any atom is -0.486 e. The van der Waals surface area contributed by atoms with Gasteiger partial charge in [0.2, 0.25) is 0 Å². The van der Waals surface area contributed by atoms with Crippen LogP contribution in [-0.2, 0) is 10.0 Å². The number of nitrogens with one attached hydrogen (secondary N) is 1. The van der Waals surface area contributed by atoms with E-state index in [0.29, 0.717) is 41.6 Å². The van der Waals surface area contributed by atoms with Gasteiger partial charge in [0.25, 0.3) is 10.0 Å². The topological polar surface area (TPSA) is 93.7 Å². The van der Waals surface area contributed by atoms with Crippen LogP contribution in [0, 0.1) is 0 Å². The van der Waals surface area contributed by atoms with E-state index in [2.05, 4.69) is 16.6 Å². The molecule has 8 nitrogen and oxygen atoms in total. The highest BCUT2D eigenvalue weighted by molar-refractivity contribution is 7.92. The number of sulfonamides is 1. The lowest BCUT2D eigenvalue weighted by molar-refractivity contribution is 0.172. The van der Waals surface area contributed by atoms with Crippen LogP contribution in [-0.4, -0.2) is 45.2 Å². The van der Waals surface area contributed by atoms with Crippen LogP contribution < -0.4 is 19.1 Å². The molecule has 2 aromatic carbocycles. The quantitative estimate of drug-likeness (QED) is 0.616.